The molecular formula is C7H3F3N2O5. The van der Waals surface area contributed by atoms with Gasteiger partial charge in [0, 0.05) is 0 Å². The van der Waals surface area contributed by atoms with Crippen molar-refractivity contribution in [3.8, 4) is 11.6 Å². The fourth-order valence-electron chi connectivity index (χ4n) is 0.907. The maximum atomic E-state index is 11.8. The second-order valence-electron chi connectivity index (χ2n) is 2.64. The maximum Gasteiger partial charge on any atom is 0.574 e. The van der Waals surface area contributed by atoms with E-state index < -0.39 is 34.3 Å². The van der Waals surface area contributed by atoms with Crippen molar-refractivity contribution in [2.24, 2.45) is 0 Å². The van der Waals surface area contributed by atoms with Crippen LogP contribution >= 0.6 is 0 Å². The Kier molecular flexibility index (Phi) is 3.16. The molecule has 0 bridgehead atoms. The number of aromatic nitrogens is 1. The Balaban J connectivity index is 3.27. The molecule has 7 nitrogen and oxygen atoms in total. The van der Waals surface area contributed by atoms with E-state index in [2.05, 4.69) is 9.72 Å². The first-order valence-corrected chi connectivity index (χ1v) is 3.84. The number of nitrogens with zero attached hydrogens (tertiary/aromatic N) is 2. The molecule has 0 unspecified atom stereocenters. The van der Waals surface area contributed by atoms with Crippen LogP contribution in [0.3, 0.4) is 0 Å². The molecule has 0 radical (unpaired) electrons. The number of aldehydes is 1. The molecule has 0 aliphatic heterocycles. The van der Waals surface area contributed by atoms with Crippen LogP contribution in [-0.2, 0) is 0 Å². The number of hydrogen-bond acceptors (Lipinski definition) is 6. The van der Waals surface area contributed by atoms with E-state index in [4.69, 9.17) is 5.11 Å². The zero-order chi connectivity index (χ0) is 13.2. The summed E-state index contributed by atoms with van der Waals surface area (Å²) in [6.45, 7) is 0. The van der Waals surface area contributed by atoms with Crippen molar-refractivity contribution in [1.29, 1.82) is 0 Å². The molecule has 0 aliphatic rings. The second kappa shape index (κ2) is 4.23. The Morgan fingerprint density at radius 3 is 2.53 bits per heavy atom. The van der Waals surface area contributed by atoms with Gasteiger partial charge in [0.25, 0.3) is 5.88 Å². The molecule has 0 saturated heterocycles. The number of ether oxygens (including phenoxy) is 1. The predicted molar refractivity (Wildman–Crippen MR) is 44.6 cm³/mol. The Bertz CT molecular complexity index is 473. The lowest BCUT2D eigenvalue weighted by atomic mass is 10.3. The Hall–Kier alpha value is -2.39. The number of aromatic hydroxyl groups is 1. The van der Waals surface area contributed by atoms with Crippen LogP contribution < -0.4 is 4.74 Å². The normalized spacial score (nSPS) is 11.0. The van der Waals surface area contributed by atoms with Gasteiger partial charge >= 0.3 is 12.0 Å². The molecule has 1 rings (SSSR count). The van der Waals surface area contributed by atoms with Crippen LogP contribution in [-0.4, -0.2) is 27.7 Å². The van der Waals surface area contributed by atoms with Crippen LogP contribution in [0.1, 0.15) is 10.5 Å². The molecule has 0 atom stereocenters. The molecule has 17 heavy (non-hydrogen) atoms. The standard InChI is InChI=1S/C7H3F3N2O5/c8-7(9,10)17-6-5(14)1-4(12(15)16)3(2-13)11-6/h1-2,14H. The smallest absolute Gasteiger partial charge is 0.503 e. The summed E-state index contributed by atoms with van der Waals surface area (Å²) in [6, 6.07) is 0.345. The molecule has 92 valence electrons. The third-order valence-corrected chi connectivity index (χ3v) is 1.50. The molecule has 1 aromatic rings. The number of halogens is 3. The highest BCUT2D eigenvalue weighted by Crippen LogP contribution is 2.33. The SMILES string of the molecule is O=Cc1nc(OC(F)(F)F)c(O)cc1[N+](=O)[O-]. The number of carbonyl (C=O) groups excluding carboxylic acids is 1. The molecular weight excluding hydrogens is 249 g/mol. The van der Waals surface area contributed by atoms with E-state index in [1.807, 2.05) is 0 Å². The van der Waals surface area contributed by atoms with Gasteiger partial charge in [0.2, 0.25) is 0 Å². The molecule has 0 aromatic carbocycles. The number of alkyl halides is 3. The van der Waals surface area contributed by atoms with Gasteiger partial charge in [-0.2, -0.15) is 4.98 Å². The van der Waals surface area contributed by atoms with Crippen LogP contribution in [0, 0.1) is 10.1 Å². The predicted octanol–water partition coefficient (Wildman–Crippen LogP) is 1.41. The van der Waals surface area contributed by atoms with Gasteiger partial charge in [0.05, 0.1) is 11.0 Å². The molecule has 1 N–H and O–H groups in total. The fourth-order valence-corrected chi connectivity index (χ4v) is 0.907. The Labute approximate surface area is 90.6 Å². The van der Waals surface area contributed by atoms with Crippen LogP contribution in [0.5, 0.6) is 11.6 Å². The Morgan fingerprint density at radius 2 is 2.12 bits per heavy atom. The summed E-state index contributed by atoms with van der Waals surface area (Å²) in [7, 11) is 0. The molecule has 10 heteroatoms. The highest BCUT2D eigenvalue weighted by molar-refractivity contribution is 5.79. The molecule has 1 aromatic heterocycles. The van der Waals surface area contributed by atoms with E-state index in [1.165, 1.54) is 0 Å². The summed E-state index contributed by atoms with van der Waals surface area (Å²) in [5.74, 6) is -2.52. The summed E-state index contributed by atoms with van der Waals surface area (Å²) in [5, 5.41) is 19.4. The number of nitro groups is 1. The minimum atomic E-state index is -5.14. The average molecular weight is 252 g/mol. The van der Waals surface area contributed by atoms with Gasteiger partial charge < -0.3 is 9.84 Å². The van der Waals surface area contributed by atoms with Gasteiger partial charge in [-0.05, 0) is 0 Å². The summed E-state index contributed by atoms with van der Waals surface area (Å²) in [6.07, 6.45) is -5.26. The lowest BCUT2D eigenvalue weighted by Crippen LogP contribution is -2.18. The minimum absolute atomic E-state index is 0.124. The van der Waals surface area contributed by atoms with Crippen molar-refractivity contribution in [2.45, 2.75) is 6.36 Å². The zero-order valence-electron chi connectivity index (χ0n) is 7.76. The van der Waals surface area contributed by atoms with Crippen LogP contribution in [0.25, 0.3) is 0 Å². The van der Waals surface area contributed by atoms with Crippen molar-refractivity contribution >= 4 is 12.0 Å². The number of carbonyl (C=O) groups is 1. The van der Waals surface area contributed by atoms with E-state index in [0.29, 0.717) is 6.07 Å². The number of rotatable bonds is 3. The van der Waals surface area contributed by atoms with E-state index >= 15 is 0 Å². The van der Waals surface area contributed by atoms with Gasteiger partial charge in [0.1, 0.15) is 0 Å². The number of pyridine rings is 1. The first-order chi connectivity index (χ1) is 7.74. The molecule has 1 heterocycles. The van der Waals surface area contributed by atoms with Gasteiger partial charge in [0.15, 0.2) is 17.7 Å². The first kappa shape index (κ1) is 12.7. The van der Waals surface area contributed by atoms with Gasteiger partial charge in [-0.15, -0.1) is 13.2 Å². The molecule has 0 fully saturated rings. The van der Waals surface area contributed by atoms with Crippen molar-refractivity contribution in [3.05, 3.63) is 21.9 Å². The Morgan fingerprint density at radius 1 is 1.53 bits per heavy atom. The minimum Gasteiger partial charge on any atom is -0.503 e. The lowest BCUT2D eigenvalue weighted by molar-refractivity contribution is -0.385. The monoisotopic (exact) mass is 252 g/mol. The van der Waals surface area contributed by atoms with Gasteiger partial charge in [-0.1, -0.05) is 0 Å². The summed E-state index contributed by atoms with van der Waals surface area (Å²) < 4.78 is 38.7. The van der Waals surface area contributed by atoms with Crippen molar-refractivity contribution in [2.75, 3.05) is 0 Å². The first-order valence-electron chi connectivity index (χ1n) is 3.84. The highest BCUT2D eigenvalue weighted by Gasteiger charge is 2.34. The fraction of sp³-hybridized carbons (Fsp3) is 0.143. The van der Waals surface area contributed by atoms with Crippen LogP contribution in [0.4, 0.5) is 18.9 Å². The molecule has 0 spiro atoms. The summed E-state index contributed by atoms with van der Waals surface area (Å²) >= 11 is 0. The maximum absolute atomic E-state index is 11.8. The molecule has 0 amide bonds. The van der Waals surface area contributed by atoms with E-state index in [-0.39, 0.29) is 6.29 Å². The average Bonchev–Trinajstić information content (AvgIpc) is 2.18. The third kappa shape index (κ3) is 3.03. The van der Waals surface area contributed by atoms with E-state index in [1.54, 1.807) is 0 Å². The zero-order valence-corrected chi connectivity index (χ0v) is 7.76. The van der Waals surface area contributed by atoms with Crippen LogP contribution in [0.2, 0.25) is 0 Å². The third-order valence-electron chi connectivity index (χ3n) is 1.50. The molecule has 0 saturated carbocycles. The highest BCUT2D eigenvalue weighted by atomic mass is 19.4. The van der Waals surface area contributed by atoms with Crippen molar-refractivity contribution in [1.82, 2.24) is 4.98 Å². The van der Waals surface area contributed by atoms with Gasteiger partial charge in [-0.3, -0.25) is 14.9 Å². The largest absolute Gasteiger partial charge is 0.574 e. The number of hydrogen-bond donors (Lipinski definition) is 1. The van der Waals surface area contributed by atoms with Crippen molar-refractivity contribution < 1.29 is 32.7 Å². The van der Waals surface area contributed by atoms with Crippen LogP contribution in [0.15, 0.2) is 6.07 Å². The summed E-state index contributed by atoms with van der Waals surface area (Å²) in [4.78, 5) is 22.6. The molecule has 0 aliphatic carbocycles. The quantitative estimate of drug-likeness (QED) is 0.495. The van der Waals surface area contributed by atoms with Gasteiger partial charge in [-0.25, -0.2) is 0 Å². The van der Waals surface area contributed by atoms with E-state index in [0.717, 1.165) is 0 Å². The lowest BCUT2D eigenvalue weighted by Gasteiger charge is -2.09. The second-order valence-corrected chi connectivity index (χ2v) is 2.64. The van der Waals surface area contributed by atoms with Crippen molar-refractivity contribution in [3.63, 3.8) is 0 Å². The van der Waals surface area contributed by atoms with E-state index in [9.17, 15) is 28.1 Å². The summed E-state index contributed by atoms with van der Waals surface area (Å²) in [5.41, 5.74) is -1.81. The topological polar surface area (TPSA) is 103 Å².